The molecular weight excluding hydrogens is 290 g/mol. The third kappa shape index (κ3) is 2.98. The SMILES string of the molecule is O=C(c1cccc(=O)[nH]1)N1CCN(C[C@@H]2C[C@@H]3C=C[C@H]2C3)CC1. The van der Waals surface area contributed by atoms with Gasteiger partial charge in [0.25, 0.3) is 5.91 Å². The number of H-pyrrole nitrogens is 1. The first-order valence-electron chi connectivity index (χ1n) is 8.58. The molecule has 23 heavy (non-hydrogen) atoms. The van der Waals surface area contributed by atoms with E-state index < -0.39 is 0 Å². The predicted octanol–water partition coefficient (Wildman–Crippen LogP) is 1.34. The summed E-state index contributed by atoms with van der Waals surface area (Å²) in [6.45, 7) is 4.51. The van der Waals surface area contributed by atoms with Crippen molar-refractivity contribution in [1.82, 2.24) is 14.8 Å². The topological polar surface area (TPSA) is 56.4 Å². The Morgan fingerprint density at radius 3 is 2.61 bits per heavy atom. The molecular formula is C18H23N3O2. The average Bonchev–Trinajstić information content (AvgIpc) is 3.18. The normalized spacial score (nSPS) is 30.1. The van der Waals surface area contributed by atoms with E-state index in [9.17, 15) is 9.59 Å². The van der Waals surface area contributed by atoms with Gasteiger partial charge in [-0.05, 0) is 36.7 Å². The molecule has 1 N–H and O–H groups in total. The third-order valence-electron chi connectivity index (χ3n) is 5.57. The van der Waals surface area contributed by atoms with E-state index in [0.717, 1.165) is 50.5 Å². The van der Waals surface area contributed by atoms with Gasteiger partial charge in [-0.1, -0.05) is 18.2 Å². The van der Waals surface area contributed by atoms with Crippen molar-refractivity contribution in [3.05, 3.63) is 46.4 Å². The smallest absolute Gasteiger partial charge is 0.270 e. The van der Waals surface area contributed by atoms with Gasteiger partial charge in [0.2, 0.25) is 5.56 Å². The summed E-state index contributed by atoms with van der Waals surface area (Å²) in [5.74, 6) is 2.35. The summed E-state index contributed by atoms with van der Waals surface area (Å²) in [7, 11) is 0. The Morgan fingerprint density at radius 1 is 1.13 bits per heavy atom. The lowest BCUT2D eigenvalue weighted by molar-refractivity contribution is 0.0604. The lowest BCUT2D eigenvalue weighted by atomic mass is 9.93. The lowest BCUT2D eigenvalue weighted by Gasteiger charge is -2.36. The van der Waals surface area contributed by atoms with E-state index in [2.05, 4.69) is 22.0 Å². The fraction of sp³-hybridized carbons (Fsp3) is 0.556. The van der Waals surface area contributed by atoms with E-state index in [4.69, 9.17) is 0 Å². The van der Waals surface area contributed by atoms with Gasteiger partial charge in [0.1, 0.15) is 5.69 Å². The molecule has 0 radical (unpaired) electrons. The zero-order valence-corrected chi connectivity index (χ0v) is 13.3. The Bertz CT molecular complexity index is 673. The van der Waals surface area contributed by atoms with Gasteiger partial charge < -0.3 is 9.88 Å². The number of hydrogen-bond acceptors (Lipinski definition) is 3. The van der Waals surface area contributed by atoms with Crippen LogP contribution in [-0.4, -0.2) is 53.4 Å². The number of carbonyl (C=O) groups excluding carboxylic acids is 1. The minimum Gasteiger partial charge on any atom is -0.335 e. The third-order valence-corrected chi connectivity index (χ3v) is 5.57. The van der Waals surface area contributed by atoms with Crippen LogP contribution in [0.3, 0.4) is 0 Å². The predicted molar refractivity (Wildman–Crippen MR) is 88.3 cm³/mol. The zero-order chi connectivity index (χ0) is 15.8. The highest BCUT2D eigenvalue weighted by molar-refractivity contribution is 5.92. The zero-order valence-electron chi connectivity index (χ0n) is 13.3. The summed E-state index contributed by atoms with van der Waals surface area (Å²) >= 11 is 0. The van der Waals surface area contributed by atoms with Gasteiger partial charge in [-0.15, -0.1) is 0 Å². The molecule has 122 valence electrons. The number of aromatic amines is 1. The molecule has 5 heteroatoms. The average molecular weight is 313 g/mol. The van der Waals surface area contributed by atoms with Crippen molar-refractivity contribution in [2.75, 3.05) is 32.7 Å². The summed E-state index contributed by atoms with van der Waals surface area (Å²) in [6.07, 6.45) is 7.48. The van der Waals surface area contributed by atoms with Crippen LogP contribution >= 0.6 is 0 Å². The largest absolute Gasteiger partial charge is 0.335 e. The van der Waals surface area contributed by atoms with Crippen LogP contribution in [0.25, 0.3) is 0 Å². The van der Waals surface area contributed by atoms with Crippen molar-refractivity contribution in [3.63, 3.8) is 0 Å². The molecule has 2 fully saturated rings. The van der Waals surface area contributed by atoms with E-state index in [1.165, 1.54) is 18.9 Å². The fourth-order valence-corrected chi connectivity index (χ4v) is 4.31. The molecule has 1 aliphatic heterocycles. The van der Waals surface area contributed by atoms with Crippen LogP contribution in [0.15, 0.2) is 35.1 Å². The Labute approximate surface area is 136 Å². The Hall–Kier alpha value is -1.88. The first kappa shape index (κ1) is 14.7. The first-order valence-corrected chi connectivity index (χ1v) is 8.58. The summed E-state index contributed by atoms with van der Waals surface area (Å²) < 4.78 is 0. The molecule has 1 amide bonds. The molecule has 4 rings (SSSR count). The standard InChI is InChI=1S/C18H23N3O2/c22-17-3-1-2-16(19-17)18(23)21-8-6-20(7-9-21)12-15-11-13-4-5-14(15)10-13/h1-5,13-15H,6-12H2,(H,19,22)/t13-,14+,15+/m1/s1. The van der Waals surface area contributed by atoms with Gasteiger partial charge in [-0.25, -0.2) is 0 Å². The van der Waals surface area contributed by atoms with E-state index in [0.29, 0.717) is 5.69 Å². The second kappa shape index (κ2) is 5.96. The molecule has 0 aromatic carbocycles. The molecule has 0 spiro atoms. The number of allylic oxidation sites excluding steroid dienone is 2. The molecule has 1 aromatic rings. The highest BCUT2D eigenvalue weighted by Gasteiger charge is 2.36. The van der Waals surface area contributed by atoms with Gasteiger partial charge in [-0.2, -0.15) is 0 Å². The number of carbonyl (C=O) groups is 1. The molecule has 2 heterocycles. The van der Waals surface area contributed by atoms with Crippen molar-refractivity contribution >= 4 is 5.91 Å². The maximum absolute atomic E-state index is 12.4. The van der Waals surface area contributed by atoms with Crippen LogP contribution in [0.4, 0.5) is 0 Å². The van der Waals surface area contributed by atoms with Crippen molar-refractivity contribution in [1.29, 1.82) is 0 Å². The Morgan fingerprint density at radius 2 is 1.96 bits per heavy atom. The number of pyridine rings is 1. The van der Waals surface area contributed by atoms with Crippen molar-refractivity contribution < 1.29 is 4.79 Å². The summed E-state index contributed by atoms with van der Waals surface area (Å²) in [5, 5.41) is 0. The molecule has 3 atom stereocenters. The monoisotopic (exact) mass is 313 g/mol. The first-order chi connectivity index (χ1) is 11.2. The van der Waals surface area contributed by atoms with Gasteiger partial charge in [0.15, 0.2) is 0 Å². The number of piperazine rings is 1. The molecule has 5 nitrogen and oxygen atoms in total. The molecule has 1 saturated carbocycles. The molecule has 2 bridgehead atoms. The minimum atomic E-state index is -0.223. The van der Waals surface area contributed by atoms with Crippen LogP contribution < -0.4 is 5.56 Å². The molecule has 3 aliphatic rings. The Balaban J connectivity index is 1.31. The van der Waals surface area contributed by atoms with E-state index in [1.807, 2.05) is 4.90 Å². The Kier molecular flexibility index (Phi) is 3.81. The fourth-order valence-electron chi connectivity index (χ4n) is 4.31. The second-order valence-corrected chi connectivity index (χ2v) is 7.06. The van der Waals surface area contributed by atoms with Crippen LogP contribution in [0.5, 0.6) is 0 Å². The van der Waals surface area contributed by atoms with Gasteiger partial charge >= 0.3 is 0 Å². The number of fused-ring (bicyclic) bond motifs is 2. The van der Waals surface area contributed by atoms with Gasteiger partial charge in [0, 0.05) is 38.8 Å². The highest BCUT2D eigenvalue weighted by Crippen LogP contribution is 2.43. The summed E-state index contributed by atoms with van der Waals surface area (Å²) in [4.78, 5) is 30.8. The number of nitrogens with zero attached hydrogens (tertiary/aromatic N) is 2. The summed E-state index contributed by atoms with van der Waals surface area (Å²) in [6, 6.07) is 4.74. The number of rotatable bonds is 3. The molecule has 2 aliphatic carbocycles. The van der Waals surface area contributed by atoms with Crippen LogP contribution in [0.2, 0.25) is 0 Å². The number of hydrogen-bond donors (Lipinski definition) is 1. The van der Waals surface area contributed by atoms with Crippen molar-refractivity contribution in [2.24, 2.45) is 17.8 Å². The van der Waals surface area contributed by atoms with Crippen LogP contribution in [0, 0.1) is 17.8 Å². The van der Waals surface area contributed by atoms with E-state index in [1.54, 1.807) is 12.1 Å². The van der Waals surface area contributed by atoms with E-state index >= 15 is 0 Å². The van der Waals surface area contributed by atoms with Crippen molar-refractivity contribution in [3.8, 4) is 0 Å². The van der Waals surface area contributed by atoms with Crippen molar-refractivity contribution in [2.45, 2.75) is 12.8 Å². The van der Waals surface area contributed by atoms with Crippen LogP contribution in [0.1, 0.15) is 23.3 Å². The van der Waals surface area contributed by atoms with Crippen LogP contribution in [-0.2, 0) is 0 Å². The lowest BCUT2D eigenvalue weighted by Crippen LogP contribution is -2.50. The number of nitrogens with one attached hydrogen (secondary N) is 1. The highest BCUT2D eigenvalue weighted by atomic mass is 16.2. The van der Waals surface area contributed by atoms with Gasteiger partial charge in [-0.3, -0.25) is 14.5 Å². The van der Waals surface area contributed by atoms with Gasteiger partial charge in [0.05, 0.1) is 0 Å². The second-order valence-electron chi connectivity index (χ2n) is 7.06. The molecule has 1 saturated heterocycles. The summed E-state index contributed by atoms with van der Waals surface area (Å²) in [5.41, 5.74) is 0.169. The quantitative estimate of drug-likeness (QED) is 0.857. The number of aromatic nitrogens is 1. The maximum atomic E-state index is 12.4. The maximum Gasteiger partial charge on any atom is 0.270 e. The minimum absolute atomic E-state index is 0.0646. The van der Waals surface area contributed by atoms with E-state index in [-0.39, 0.29) is 11.5 Å². The molecule has 1 aromatic heterocycles. The number of amides is 1. The molecule has 0 unspecified atom stereocenters.